The number of hydrogen-bond acceptors (Lipinski definition) is 3. The van der Waals surface area contributed by atoms with Crippen LogP contribution in [-0.2, 0) is 6.42 Å². The molecule has 0 spiro atoms. The lowest BCUT2D eigenvalue weighted by atomic mass is 10.0. The van der Waals surface area contributed by atoms with Gasteiger partial charge in [0.1, 0.15) is 0 Å². The zero-order valence-corrected chi connectivity index (χ0v) is 9.36. The van der Waals surface area contributed by atoms with Crippen molar-refractivity contribution in [3.8, 4) is 0 Å². The molecule has 2 nitrogen and oxygen atoms in total. The Morgan fingerprint density at radius 3 is 2.79 bits per heavy atom. The molecule has 3 heteroatoms. The first-order valence-electron chi connectivity index (χ1n) is 5.50. The van der Waals surface area contributed by atoms with Gasteiger partial charge < -0.3 is 5.32 Å². The minimum absolute atomic E-state index is 0.819. The first kappa shape index (κ1) is 8.86. The van der Waals surface area contributed by atoms with Crippen LogP contribution in [0.3, 0.4) is 0 Å². The Hall–Kier alpha value is -0.410. The normalized spacial score (nSPS) is 22.4. The van der Waals surface area contributed by atoms with Crippen molar-refractivity contribution in [1.29, 1.82) is 0 Å². The molecule has 0 unspecified atom stereocenters. The van der Waals surface area contributed by atoms with Crippen LogP contribution < -0.4 is 5.32 Å². The topological polar surface area (TPSA) is 24.9 Å². The predicted octanol–water partition coefficient (Wildman–Crippen LogP) is 2.09. The van der Waals surface area contributed by atoms with Crippen LogP contribution in [0.25, 0.3) is 0 Å². The van der Waals surface area contributed by atoms with E-state index in [0.29, 0.717) is 0 Å². The van der Waals surface area contributed by atoms with Crippen molar-refractivity contribution in [3.63, 3.8) is 0 Å². The van der Waals surface area contributed by atoms with E-state index in [-0.39, 0.29) is 0 Å². The quantitative estimate of drug-likeness (QED) is 0.822. The molecule has 2 heterocycles. The van der Waals surface area contributed by atoms with Gasteiger partial charge in [-0.25, -0.2) is 4.98 Å². The largest absolute Gasteiger partial charge is 0.316 e. The number of aromatic nitrogens is 1. The Kier molecular flexibility index (Phi) is 2.10. The van der Waals surface area contributed by atoms with Crippen LogP contribution in [0.1, 0.15) is 34.3 Å². The molecule has 1 saturated carbocycles. The molecule has 2 aliphatic rings. The number of nitrogens with zero attached hydrogens (tertiary/aromatic N) is 1. The summed E-state index contributed by atoms with van der Waals surface area (Å²) in [6, 6.07) is 0. The Morgan fingerprint density at radius 2 is 2.21 bits per heavy atom. The second-order valence-corrected chi connectivity index (χ2v) is 5.84. The zero-order valence-electron chi connectivity index (χ0n) is 8.55. The van der Waals surface area contributed by atoms with Crippen molar-refractivity contribution in [2.24, 2.45) is 5.92 Å². The fraction of sp³-hybridized carbons (Fsp3) is 0.727. The summed E-state index contributed by atoms with van der Waals surface area (Å²) in [5, 5.41) is 4.69. The van der Waals surface area contributed by atoms with Crippen molar-refractivity contribution in [2.75, 3.05) is 13.1 Å². The van der Waals surface area contributed by atoms with Crippen molar-refractivity contribution < 1.29 is 0 Å². The van der Waals surface area contributed by atoms with Crippen LogP contribution in [0.15, 0.2) is 0 Å². The van der Waals surface area contributed by atoms with E-state index >= 15 is 0 Å². The second-order valence-electron chi connectivity index (χ2n) is 4.55. The lowest BCUT2D eigenvalue weighted by Gasteiger charge is -2.25. The fourth-order valence-electron chi connectivity index (χ4n) is 2.03. The Labute approximate surface area is 88.7 Å². The highest BCUT2D eigenvalue weighted by Crippen LogP contribution is 2.42. The number of aryl methyl sites for hydroxylation is 1. The Bertz CT molecular complexity index is 337. The molecule has 1 N–H and O–H groups in total. The second kappa shape index (κ2) is 3.31. The molecule has 1 aliphatic heterocycles. The van der Waals surface area contributed by atoms with Gasteiger partial charge in [-0.05, 0) is 38.8 Å². The van der Waals surface area contributed by atoms with Crippen LogP contribution in [-0.4, -0.2) is 18.1 Å². The van der Waals surface area contributed by atoms with Gasteiger partial charge in [-0.15, -0.1) is 11.3 Å². The SMILES string of the molecule is Cc1sc(CC2CNC2)nc1C1CC1. The summed E-state index contributed by atoms with van der Waals surface area (Å²) < 4.78 is 0. The highest BCUT2D eigenvalue weighted by atomic mass is 32.1. The van der Waals surface area contributed by atoms with Gasteiger partial charge in [0.2, 0.25) is 0 Å². The van der Waals surface area contributed by atoms with Crippen molar-refractivity contribution in [3.05, 3.63) is 15.6 Å². The van der Waals surface area contributed by atoms with Gasteiger partial charge in [-0.2, -0.15) is 0 Å². The van der Waals surface area contributed by atoms with Gasteiger partial charge in [0.25, 0.3) is 0 Å². The van der Waals surface area contributed by atoms with E-state index in [1.807, 2.05) is 11.3 Å². The summed E-state index contributed by atoms with van der Waals surface area (Å²) >= 11 is 1.92. The van der Waals surface area contributed by atoms with E-state index in [9.17, 15) is 0 Å². The molecular formula is C11H16N2S. The molecule has 1 aliphatic carbocycles. The molecule has 1 aromatic rings. The highest BCUT2D eigenvalue weighted by Gasteiger charge is 2.29. The van der Waals surface area contributed by atoms with Crippen LogP contribution in [0.4, 0.5) is 0 Å². The molecule has 1 aromatic heterocycles. The third-order valence-electron chi connectivity index (χ3n) is 3.17. The Morgan fingerprint density at radius 1 is 1.43 bits per heavy atom. The zero-order chi connectivity index (χ0) is 9.54. The van der Waals surface area contributed by atoms with Gasteiger partial charge in [0, 0.05) is 17.2 Å². The van der Waals surface area contributed by atoms with Crippen molar-refractivity contribution in [1.82, 2.24) is 10.3 Å². The van der Waals surface area contributed by atoms with E-state index in [4.69, 9.17) is 4.98 Å². The number of rotatable bonds is 3. The van der Waals surface area contributed by atoms with E-state index in [0.717, 1.165) is 11.8 Å². The summed E-state index contributed by atoms with van der Waals surface area (Å²) in [4.78, 5) is 6.25. The first-order valence-corrected chi connectivity index (χ1v) is 6.31. The molecule has 0 atom stereocenters. The van der Waals surface area contributed by atoms with Gasteiger partial charge in [-0.1, -0.05) is 0 Å². The lowest BCUT2D eigenvalue weighted by molar-refractivity contribution is 0.346. The van der Waals surface area contributed by atoms with Gasteiger partial charge in [0.15, 0.2) is 0 Å². The molecule has 0 amide bonds. The minimum atomic E-state index is 0.819. The maximum atomic E-state index is 4.78. The molecule has 0 radical (unpaired) electrons. The summed E-state index contributed by atoms with van der Waals surface area (Å²) in [6.07, 6.45) is 3.94. The smallest absolute Gasteiger partial charge is 0.0934 e. The van der Waals surface area contributed by atoms with Crippen LogP contribution in [0, 0.1) is 12.8 Å². The standard InChI is InChI=1S/C11H16N2S/c1-7-11(9-2-3-9)13-10(14-7)4-8-5-12-6-8/h8-9,12H,2-6H2,1H3. The van der Waals surface area contributed by atoms with Crippen LogP contribution in [0.2, 0.25) is 0 Å². The number of thiazole rings is 1. The maximum Gasteiger partial charge on any atom is 0.0934 e. The molecule has 0 aromatic carbocycles. The summed E-state index contributed by atoms with van der Waals surface area (Å²) in [5.74, 6) is 1.67. The predicted molar refractivity (Wildman–Crippen MR) is 58.9 cm³/mol. The monoisotopic (exact) mass is 208 g/mol. The summed E-state index contributed by atoms with van der Waals surface area (Å²) in [7, 11) is 0. The van der Waals surface area contributed by atoms with Gasteiger partial charge in [-0.3, -0.25) is 0 Å². The molecule has 76 valence electrons. The van der Waals surface area contributed by atoms with E-state index in [1.165, 1.54) is 47.9 Å². The third kappa shape index (κ3) is 1.59. The van der Waals surface area contributed by atoms with Gasteiger partial charge >= 0.3 is 0 Å². The molecule has 2 fully saturated rings. The van der Waals surface area contributed by atoms with Crippen LogP contribution >= 0.6 is 11.3 Å². The number of hydrogen-bond donors (Lipinski definition) is 1. The molecule has 14 heavy (non-hydrogen) atoms. The minimum Gasteiger partial charge on any atom is -0.316 e. The van der Waals surface area contributed by atoms with E-state index < -0.39 is 0 Å². The molecule has 3 rings (SSSR count). The van der Waals surface area contributed by atoms with Gasteiger partial charge in [0.05, 0.1) is 10.7 Å². The van der Waals surface area contributed by atoms with E-state index in [2.05, 4.69) is 12.2 Å². The fourth-order valence-corrected chi connectivity index (χ4v) is 3.16. The summed E-state index contributed by atoms with van der Waals surface area (Å²) in [6.45, 7) is 4.61. The Balaban J connectivity index is 1.74. The van der Waals surface area contributed by atoms with Crippen molar-refractivity contribution >= 4 is 11.3 Å². The summed E-state index contributed by atoms with van der Waals surface area (Å²) in [5.41, 5.74) is 1.41. The lowest BCUT2D eigenvalue weighted by Crippen LogP contribution is -2.43. The molecule has 1 saturated heterocycles. The van der Waals surface area contributed by atoms with Crippen molar-refractivity contribution in [2.45, 2.75) is 32.1 Å². The molecule has 0 bridgehead atoms. The third-order valence-corrected chi connectivity index (χ3v) is 4.18. The average Bonchev–Trinajstić information content (AvgIpc) is 2.85. The van der Waals surface area contributed by atoms with Crippen LogP contribution in [0.5, 0.6) is 0 Å². The first-order chi connectivity index (χ1) is 6.83. The molecular weight excluding hydrogens is 192 g/mol. The average molecular weight is 208 g/mol. The van der Waals surface area contributed by atoms with E-state index in [1.54, 1.807) is 0 Å². The highest BCUT2D eigenvalue weighted by molar-refractivity contribution is 7.11. The maximum absolute atomic E-state index is 4.78. The number of nitrogens with one attached hydrogen (secondary N) is 1.